The third-order valence-corrected chi connectivity index (χ3v) is 21.4. The summed E-state index contributed by atoms with van der Waals surface area (Å²) in [5, 5.41) is 82.9. The lowest BCUT2D eigenvalue weighted by Gasteiger charge is -2.52. The van der Waals surface area contributed by atoms with Crippen molar-refractivity contribution in [1.29, 1.82) is 0 Å². The second-order valence-corrected chi connectivity index (χ2v) is 25.2. The lowest BCUT2D eigenvalue weighted by molar-refractivity contribution is -0.171. The molecule has 4 aromatic rings. The number of phenols is 2. The number of phenolic OH excluding ortho intramolecular Hbond substituents is 2. The van der Waals surface area contributed by atoms with Gasteiger partial charge in [0.15, 0.2) is 5.43 Å². The molecule has 3 fully saturated rings. The summed E-state index contributed by atoms with van der Waals surface area (Å²) in [6.07, 6.45) is 16.2. The van der Waals surface area contributed by atoms with Crippen LogP contribution in [0.3, 0.4) is 0 Å². The zero-order chi connectivity index (χ0) is 56.0. The third kappa shape index (κ3) is 7.77. The van der Waals surface area contributed by atoms with Crippen LogP contribution in [0.1, 0.15) is 147 Å². The molecule has 5 heterocycles. The van der Waals surface area contributed by atoms with Gasteiger partial charge in [0, 0.05) is 60.0 Å². The Morgan fingerprint density at radius 3 is 2.65 bits per heavy atom. The van der Waals surface area contributed by atoms with Gasteiger partial charge in [-0.05, 0) is 189 Å². The number of hydrogen-bond donors (Lipinski definition) is 10. The van der Waals surface area contributed by atoms with Crippen LogP contribution in [-0.2, 0) is 34.6 Å². The van der Waals surface area contributed by atoms with E-state index in [4.69, 9.17) is 19.6 Å². The van der Waals surface area contributed by atoms with Crippen LogP contribution < -0.4 is 31.8 Å². The van der Waals surface area contributed by atoms with Crippen molar-refractivity contribution in [2.45, 2.75) is 151 Å². The number of aryl methyl sites for hydroxylation is 1. The number of aliphatic hydroxyl groups is 4. The minimum absolute atomic E-state index is 0.0177. The molecule has 14 rings (SSSR count). The summed E-state index contributed by atoms with van der Waals surface area (Å²) in [4.78, 5) is 30.5. The maximum atomic E-state index is 15.8. The molecule has 6 bridgehead atoms. The number of fused-ring (bicyclic) bond motifs is 14. The first-order chi connectivity index (χ1) is 39.1. The summed E-state index contributed by atoms with van der Waals surface area (Å²) in [5.41, 5.74) is 13.4. The fourth-order valence-electron chi connectivity index (χ4n) is 17.7. The molecule has 1 aromatic heterocycles. The van der Waals surface area contributed by atoms with Crippen molar-refractivity contribution in [1.82, 2.24) is 16.0 Å². The smallest absolute Gasteiger partial charge is 0.337 e. The highest BCUT2D eigenvalue weighted by atomic mass is 16.6. The molecule has 13 unspecified atom stereocenters. The topological polar surface area (TPSA) is 249 Å². The number of allylic oxidation sites excluding steroid dienone is 6. The number of esters is 1. The number of aromatic hydroxyl groups is 2. The van der Waals surface area contributed by atoms with Gasteiger partial charge < -0.3 is 60.9 Å². The molecule has 15 heteroatoms. The van der Waals surface area contributed by atoms with Crippen LogP contribution in [0.25, 0.3) is 16.5 Å². The number of carbonyl (C=O) groups is 1. The maximum Gasteiger partial charge on any atom is 0.337 e. The van der Waals surface area contributed by atoms with Crippen LogP contribution in [-0.4, -0.2) is 79.8 Å². The molecule has 81 heavy (non-hydrogen) atoms. The summed E-state index contributed by atoms with van der Waals surface area (Å²) in [7, 11) is 0. The van der Waals surface area contributed by atoms with E-state index in [2.05, 4.69) is 59.4 Å². The van der Waals surface area contributed by atoms with Gasteiger partial charge in [-0.1, -0.05) is 49.4 Å². The molecule has 6 aliphatic carbocycles. The van der Waals surface area contributed by atoms with Crippen molar-refractivity contribution in [3.63, 3.8) is 0 Å². The SMILES string of the molecule is CC=C(C(=O)OC1Cc2c3c(c4oc(CO)cc(=O)c4c2O)C2C4=CCNC(N)=C4C(CCc4ccc(O)cc4C2CO)C2CCC4=CC(NCC)NC=C4CC2C1(C)O3)C1(O)CC2CC1C=C1CC3CCCC3(O)c3cccc2c31. The van der Waals surface area contributed by atoms with Crippen molar-refractivity contribution < 1.29 is 49.3 Å². The Balaban J connectivity index is 0.975. The predicted octanol–water partition coefficient (Wildman–Crippen LogP) is 7.86. The van der Waals surface area contributed by atoms with Gasteiger partial charge >= 0.3 is 5.97 Å². The summed E-state index contributed by atoms with van der Waals surface area (Å²) in [6.45, 7) is 5.92. The number of hydrogen-bond acceptors (Lipinski definition) is 15. The van der Waals surface area contributed by atoms with Gasteiger partial charge in [0.25, 0.3) is 0 Å². The minimum atomic E-state index is -1.62. The summed E-state index contributed by atoms with van der Waals surface area (Å²) >= 11 is 0. The van der Waals surface area contributed by atoms with Crippen LogP contribution in [0.15, 0.2) is 116 Å². The number of likely N-dealkylation sites (N-methyl/N-ethyl adjacent to an activating group) is 1. The van der Waals surface area contributed by atoms with E-state index in [1.54, 1.807) is 25.1 Å². The number of carbonyl (C=O) groups excluding carboxylic acids is 1. The maximum absolute atomic E-state index is 15.8. The van der Waals surface area contributed by atoms with Crippen molar-refractivity contribution >= 4 is 22.5 Å². The molecule has 0 spiro atoms. The quantitative estimate of drug-likeness (QED) is 0.0625. The van der Waals surface area contributed by atoms with E-state index < -0.39 is 76.9 Å². The average Bonchev–Trinajstić information content (AvgIpc) is 2.94. The van der Waals surface area contributed by atoms with Gasteiger partial charge in [0.2, 0.25) is 0 Å². The number of nitrogens with one attached hydrogen (secondary N) is 3. The Morgan fingerprint density at radius 2 is 1.85 bits per heavy atom. The third-order valence-electron chi connectivity index (χ3n) is 21.4. The van der Waals surface area contributed by atoms with Gasteiger partial charge in [-0.3, -0.25) is 10.1 Å². The van der Waals surface area contributed by atoms with E-state index in [1.165, 1.54) is 11.6 Å². The molecule has 0 radical (unpaired) electrons. The van der Waals surface area contributed by atoms with E-state index in [9.17, 15) is 35.4 Å². The highest BCUT2D eigenvalue weighted by Gasteiger charge is 2.60. The highest BCUT2D eigenvalue weighted by molar-refractivity contribution is 5.93. The van der Waals surface area contributed by atoms with Crippen molar-refractivity contribution in [3.8, 4) is 17.2 Å². The van der Waals surface area contributed by atoms with Crippen LogP contribution in [0.5, 0.6) is 17.2 Å². The molecule has 11 N–H and O–H groups in total. The van der Waals surface area contributed by atoms with Gasteiger partial charge in [-0.2, -0.15) is 0 Å². The second-order valence-electron chi connectivity index (χ2n) is 25.2. The molecule has 3 saturated carbocycles. The average molecular weight is 1100 g/mol. The molecule has 3 aromatic carbocycles. The van der Waals surface area contributed by atoms with E-state index >= 15 is 4.79 Å². The van der Waals surface area contributed by atoms with Gasteiger partial charge in [0.05, 0.1) is 23.9 Å². The summed E-state index contributed by atoms with van der Waals surface area (Å²) < 4.78 is 21.6. The normalized spacial score (nSPS) is 34.2. The largest absolute Gasteiger partial charge is 0.508 e. The Labute approximate surface area is 471 Å². The molecular weight excluding hydrogens is 1020 g/mol. The van der Waals surface area contributed by atoms with Crippen LogP contribution in [0.2, 0.25) is 0 Å². The number of dihydropyridines is 2. The molecule has 15 nitrogen and oxygen atoms in total. The zero-order valence-corrected chi connectivity index (χ0v) is 46.3. The number of aliphatic hydroxyl groups excluding tert-OH is 2. The first-order valence-electron chi connectivity index (χ1n) is 29.7. The molecule has 10 aliphatic rings. The Kier molecular flexibility index (Phi) is 12.5. The Morgan fingerprint density at radius 1 is 1.00 bits per heavy atom. The van der Waals surface area contributed by atoms with Crippen molar-refractivity contribution in [2.24, 2.45) is 35.3 Å². The fraction of sp³-hybridized carbons (Fsp3) is 0.485. The number of nitrogens with two attached hydrogens (primary N) is 1. The molecule has 0 saturated heterocycles. The lowest BCUT2D eigenvalue weighted by atomic mass is 9.61. The lowest BCUT2D eigenvalue weighted by Crippen LogP contribution is -2.59. The molecule has 13 atom stereocenters. The van der Waals surface area contributed by atoms with E-state index in [0.717, 1.165) is 76.8 Å². The van der Waals surface area contributed by atoms with Gasteiger partial charge in [-0.25, -0.2) is 4.79 Å². The molecular formula is C66H74N4O11. The van der Waals surface area contributed by atoms with Crippen LogP contribution in [0, 0.1) is 29.6 Å². The second kappa shape index (κ2) is 19.2. The molecule has 0 amide bonds. The van der Waals surface area contributed by atoms with Gasteiger partial charge in [-0.15, -0.1) is 0 Å². The predicted molar refractivity (Wildman–Crippen MR) is 305 cm³/mol. The van der Waals surface area contributed by atoms with E-state index in [0.29, 0.717) is 62.0 Å². The monoisotopic (exact) mass is 1100 g/mol. The first kappa shape index (κ1) is 52.5. The highest BCUT2D eigenvalue weighted by Crippen LogP contribution is 2.63. The molecule has 4 aliphatic heterocycles. The van der Waals surface area contributed by atoms with Crippen molar-refractivity contribution in [2.75, 3.05) is 19.7 Å². The van der Waals surface area contributed by atoms with E-state index in [1.807, 2.05) is 19.1 Å². The van der Waals surface area contributed by atoms with E-state index in [-0.39, 0.29) is 82.0 Å². The number of benzene rings is 3. The Hall–Kier alpha value is -6.62. The van der Waals surface area contributed by atoms with Crippen LogP contribution >= 0.6 is 0 Å². The number of ether oxygens (including phenoxy) is 2. The minimum Gasteiger partial charge on any atom is -0.508 e. The first-order valence-corrected chi connectivity index (χ1v) is 29.7. The van der Waals surface area contributed by atoms with Crippen molar-refractivity contribution in [3.05, 3.63) is 162 Å². The standard InChI is InChI=1S/C66H74N4O11/c1-4-48(66(78)28-35-22-38(66)21-34-20-37-8-7-18-65(37,77)49-10-6-9-41(35)54(34)49)63(76)80-52-27-46-59(75)57-51(74)26-40(30-71)79-61(57)58-55-44-17-19-69-62(67)56(44)43(16-12-32-11-14-39(73)25-45(32)47(55)31-72)42-15-13-33-24-53(68-5-2)70-29-36(33)23-50(42)64(52,3)81-60(46)58/h4,6,9-11,14,17,21,24-26,29,35,37-38,42-43,47,50,52-53,55,68-73,75,77-78H,5,7-8,12-13,15-16,18-20,22-23,27-28,30-31,67H2,1-3H3. The molecule has 424 valence electrons. The summed E-state index contributed by atoms with van der Waals surface area (Å²) in [5.74, 6) is -3.48. The fourth-order valence-corrected chi connectivity index (χ4v) is 17.7. The van der Waals surface area contributed by atoms with Crippen LogP contribution in [0.4, 0.5) is 0 Å². The number of rotatable bonds is 7. The van der Waals surface area contributed by atoms with Gasteiger partial charge in [0.1, 0.15) is 63.7 Å². The Bertz CT molecular complexity index is 3610. The zero-order valence-electron chi connectivity index (χ0n) is 46.3. The summed E-state index contributed by atoms with van der Waals surface area (Å²) in [6, 6.07) is 12.7.